The van der Waals surface area contributed by atoms with Crippen LogP contribution in [0.5, 0.6) is 0 Å². The largest absolute Gasteiger partial charge is 0.352 e. The molecule has 7 nitrogen and oxygen atoms in total. The fraction of sp³-hybridized carbons (Fsp3) is 0.350. The zero-order valence-electron chi connectivity index (χ0n) is 15.7. The summed E-state index contributed by atoms with van der Waals surface area (Å²) in [7, 11) is 0. The first-order chi connectivity index (χ1) is 13.5. The number of halogens is 1. The molecule has 3 rings (SSSR count). The van der Waals surface area contributed by atoms with Crippen molar-refractivity contribution >= 4 is 11.9 Å². The second-order valence-electron chi connectivity index (χ2n) is 6.68. The Morgan fingerprint density at radius 2 is 1.96 bits per heavy atom. The summed E-state index contributed by atoms with van der Waals surface area (Å²) >= 11 is 0. The van der Waals surface area contributed by atoms with E-state index in [1.165, 1.54) is 35.2 Å². The van der Waals surface area contributed by atoms with Crippen molar-refractivity contribution in [1.29, 1.82) is 0 Å². The fourth-order valence-corrected chi connectivity index (χ4v) is 3.31. The molecule has 1 aromatic heterocycles. The van der Waals surface area contributed by atoms with Gasteiger partial charge in [0.1, 0.15) is 11.9 Å². The molecule has 0 saturated carbocycles. The smallest absolute Gasteiger partial charge is 0.318 e. The molecule has 28 heavy (non-hydrogen) atoms. The van der Waals surface area contributed by atoms with Crippen molar-refractivity contribution in [3.63, 3.8) is 0 Å². The highest BCUT2D eigenvalue weighted by Gasteiger charge is 2.34. The van der Waals surface area contributed by atoms with Crippen LogP contribution in [0, 0.1) is 12.7 Å². The highest BCUT2D eigenvalue weighted by molar-refractivity contribution is 5.89. The quantitative estimate of drug-likeness (QED) is 0.765. The monoisotopic (exact) mass is 386 g/mol. The van der Waals surface area contributed by atoms with Gasteiger partial charge in [-0.05, 0) is 37.1 Å². The van der Waals surface area contributed by atoms with Crippen molar-refractivity contribution in [1.82, 2.24) is 20.1 Å². The van der Waals surface area contributed by atoms with Gasteiger partial charge in [-0.3, -0.25) is 9.59 Å². The normalized spacial score (nSPS) is 16.6. The van der Waals surface area contributed by atoms with Gasteiger partial charge in [0.2, 0.25) is 5.91 Å². The topological polar surface area (TPSA) is 83.4 Å². The summed E-state index contributed by atoms with van der Waals surface area (Å²) in [6, 6.07) is 9.48. The van der Waals surface area contributed by atoms with Crippen LogP contribution in [0.2, 0.25) is 0 Å². The summed E-state index contributed by atoms with van der Waals surface area (Å²) in [5.74, 6) is -0.693. The van der Waals surface area contributed by atoms with Crippen LogP contribution in [0.1, 0.15) is 23.7 Å². The van der Waals surface area contributed by atoms with Crippen LogP contribution < -0.4 is 16.2 Å². The number of aryl methyl sites for hydroxylation is 1. The Kier molecular flexibility index (Phi) is 6.08. The van der Waals surface area contributed by atoms with Crippen LogP contribution in [0.4, 0.5) is 9.18 Å². The van der Waals surface area contributed by atoms with E-state index >= 15 is 0 Å². The van der Waals surface area contributed by atoms with E-state index < -0.39 is 11.9 Å². The SMILES string of the molecule is Cc1cccc(=O)n1CCCNC(=O)N1CCNC(=O)C1c1ccc(F)cc1. The number of carbonyl (C=O) groups excluding carboxylic acids is 2. The Morgan fingerprint density at radius 1 is 1.21 bits per heavy atom. The molecule has 1 aliphatic rings. The van der Waals surface area contributed by atoms with Gasteiger partial charge in [0, 0.05) is 37.9 Å². The second-order valence-corrected chi connectivity index (χ2v) is 6.68. The highest BCUT2D eigenvalue weighted by Crippen LogP contribution is 2.23. The van der Waals surface area contributed by atoms with E-state index in [1.807, 2.05) is 13.0 Å². The molecule has 1 saturated heterocycles. The fourth-order valence-electron chi connectivity index (χ4n) is 3.31. The van der Waals surface area contributed by atoms with Crippen LogP contribution >= 0.6 is 0 Å². The molecule has 8 heteroatoms. The first kappa shape index (κ1) is 19.6. The average molecular weight is 386 g/mol. The summed E-state index contributed by atoms with van der Waals surface area (Å²) in [5.41, 5.74) is 1.35. The molecule has 0 radical (unpaired) electrons. The van der Waals surface area contributed by atoms with E-state index in [0.717, 1.165) is 5.69 Å². The van der Waals surface area contributed by atoms with Crippen LogP contribution in [-0.4, -0.2) is 41.0 Å². The van der Waals surface area contributed by atoms with Gasteiger partial charge >= 0.3 is 6.03 Å². The first-order valence-corrected chi connectivity index (χ1v) is 9.21. The number of nitrogens with one attached hydrogen (secondary N) is 2. The number of pyridine rings is 1. The van der Waals surface area contributed by atoms with Crippen LogP contribution in [-0.2, 0) is 11.3 Å². The van der Waals surface area contributed by atoms with E-state index in [-0.39, 0.29) is 17.5 Å². The van der Waals surface area contributed by atoms with Crippen LogP contribution in [0.25, 0.3) is 0 Å². The van der Waals surface area contributed by atoms with E-state index in [1.54, 1.807) is 10.6 Å². The predicted octanol–water partition coefficient (Wildman–Crippen LogP) is 1.57. The zero-order chi connectivity index (χ0) is 20.1. The van der Waals surface area contributed by atoms with E-state index in [4.69, 9.17) is 0 Å². The minimum atomic E-state index is -0.798. The molecule has 2 N–H and O–H groups in total. The number of rotatable bonds is 5. The Labute approximate surface area is 162 Å². The minimum Gasteiger partial charge on any atom is -0.352 e. The lowest BCUT2D eigenvalue weighted by atomic mass is 10.0. The molecule has 1 atom stereocenters. The summed E-state index contributed by atoms with van der Waals surface area (Å²) in [4.78, 5) is 38.3. The lowest BCUT2D eigenvalue weighted by Gasteiger charge is -2.35. The number of carbonyl (C=O) groups is 2. The maximum Gasteiger partial charge on any atom is 0.318 e. The Balaban J connectivity index is 1.61. The lowest BCUT2D eigenvalue weighted by molar-refractivity contribution is -0.127. The summed E-state index contributed by atoms with van der Waals surface area (Å²) in [6.45, 7) is 3.45. The molecular weight excluding hydrogens is 363 g/mol. The van der Waals surface area contributed by atoms with Gasteiger partial charge < -0.3 is 20.1 Å². The minimum absolute atomic E-state index is 0.0737. The number of urea groups is 1. The van der Waals surface area contributed by atoms with E-state index in [0.29, 0.717) is 38.2 Å². The van der Waals surface area contributed by atoms with Gasteiger partial charge in [0.05, 0.1) is 0 Å². The Hall–Kier alpha value is -3.16. The van der Waals surface area contributed by atoms with Gasteiger partial charge in [-0.15, -0.1) is 0 Å². The number of benzene rings is 1. The standard InChI is InChI=1S/C20H23FN4O3/c1-14-4-2-5-17(26)24(14)12-3-10-23-20(28)25-13-11-22-19(27)18(25)15-6-8-16(21)9-7-15/h2,4-9,18H,3,10-13H2,1H3,(H,22,27)(H,23,28). The lowest BCUT2D eigenvalue weighted by Crippen LogP contribution is -2.55. The third-order valence-corrected chi connectivity index (χ3v) is 4.76. The Morgan fingerprint density at radius 3 is 2.68 bits per heavy atom. The van der Waals surface area contributed by atoms with Gasteiger partial charge in [-0.2, -0.15) is 0 Å². The van der Waals surface area contributed by atoms with Gasteiger partial charge in [-0.25, -0.2) is 9.18 Å². The molecular formula is C20H23FN4O3. The van der Waals surface area contributed by atoms with Crippen molar-refractivity contribution in [2.24, 2.45) is 0 Å². The number of hydrogen-bond donors (Lipinski definition) is 2. The summed E-state index contributed by atoms with van der Waals surface area (Å²) < 4.78 is 14.8. The zero-order valence-corrected chi connectivity index (χ0v) is 15.7. The van der Waals surface area contributed by atoms with Crippen LogP contribution in [0.15, 0.2) is 47.3 Å². The maximum absolute atomic E-state index is 13.2. The van der Waals surface area contributed by atoms with Crippen LogP contribution in [0.3, 0.4) is 0 Å². The first-order valence-electron chi connectivity index (χ1n) is 9.21. The highest BCUT2D eigenvalue weighted by atomic mass is 19.1. The third-order valence-electron chi connectivity index (χ3n) is 4.76. The summed E-state index contributed by atoms with van der Waals surface area (Å²) in [5, 5.41) is 5.55. The molecule has 1 fully saturated rings. The number of hydrogen-bond acceptors (Lipinski definition) is 3. The van der Waals surface area contributed by atoms with Crippen molar-refractivity contribution in [2.45, 2.75) is 25.9 Å². The molecule has 0 bridgehead atoms. The van der Waals surface area contributed by atoms with Gasteiger partial charge in [0.25, 0.3) is 5.56 Å². The summed E-state index contributed by atoms with van der Waals surface area (Å²) in [6.07, 6.45) is 0.581. The van der Waals surface area contributed by atoms with Crippen molar-refractivity contribution in [3.8, 4) is 0 Å². The van der Waals surface area contributed by atoms with Crippen molar-refractivity contribution in [3.05, 3.63) is 69.9 Å². The van der Waals surface area contributed by atoms with Gasteiger partial charge in [0.15, 0.2) is 0 Å². The molecule has 1 aromatic carbocycles. The third kappa shape index (κ3) is 4.39. The van der Waals surface area contributed by atoms with Crippen molar-refractivity contribution < 1.29 is 14.0 Å². The predicted molar refractivity (Wildman–Crippen MR) is 102 cm³/mol. The number of amides is 3. The number of piperazine rings is 1. The molecule has 0 spiro atoms. The molecule has 2 aromatic rings. The molecule has 0 aliphatic carbocycles. The number of aromatic nitrogens is 1. The molecule has 148 valence electrons. The van der Waals surface area contributed by atoms with E-state index in [2.05, 4.69) is 10.6 Å². The number of nitrogens with zero attached hydrogens (tertiary/aromatic N) is 2. The molecule has 1 aliphatic heterocycles. The van der Waals surface area contributed by atoms with Crippen molar-refractivity contribution in [2.75, 3.05) is 19.6 Å². The average Bonchev–Trinajstić information content (AvgIpc) is 2.67. The maximum atomic E-state index is 13.2. The molecule has 2 heterocycles. The molecule has 3 amide bonds. The van der Waals surface area contributed by atoms with E-state index in [9.17, 15) is 18.8 Å². The molecule has 1 unspecified atom stereocenters. The Bertz CT molecular complexity index is 910. The van der Waals surface area contributed by atoms with Gasteiger partial charge in [-0.1, -0.05) is 18.2 Å². The second kappa shape index (κ2) is 8.69.